The summed E-state index contributed by atoms with van der Waals surface area (Å²) in [6.45, 7) is 0.688. The lowest BCUT2D eigenvalue weighted by Gasteiger charge is -2.25. The smallest absolute Gasteiger partial charge is 0.222 e. The molecule has 0 aromatic rings. The molecule has 4 heteroatoms. The van der Waals surface area contributed by atoms with Gasteiger partial charge < -0.3 is 10.6 Å². The SMILES string of the molecule is O=C1CC(NC(=O)CC2CCCCC2)CCN1. The summed E-state index contributed by atoms with van der Waals surface area (Å²) in [4.78, 5) is 23.0. The molecule has 1 saturated heterocycles. The molecule has 2 aliphatic rings. The first kappa shape index (κ1) is 12.4. The summed E-state index contributed by atoms with van der Waals surface area (Å²) in [6, 6.07) is 0.0554. The van der Waals surface area contributed by atoms with Gasteiger partial charge in [0.1, 0.15) is 0 Å². The van der Waals surface area contributed by atoms with Crippen LogP contribution < -0.4 is 10.6 Å². The summed E-state index contributed by atoms with van der Waals surface area (Å²) in [7, 11) is 0. The maximum Gasteiger partial charge on any atom is 0.222 e. The van der Waals surface area contributed by atoms with E-state index in [9.17, 15) is 9.59 Å². The molecule has 1 atom stereocenters. The standard InChI is InChI=1S/C13H22N2O2/c16-12-9-11(6-7-14-12)15-13(17)8-10-4-2-1-3-5-10/h10-11H,1-9H2,(H,14,16)(H,15,17). The lowest BCUT2D eigenvalue weighted by atomic mass is 9.86. The molecule has 2 amide bonds. The minimum atomic E-state index is 0.0548. The highest BCUT2D eigenvalue weighted by molar-refractivity contribution is 5.80. The molecular weight excluding hydrogens is 216 g/mol. The second kappa shape index (κ2) is 6.03. The molecule has 0 aromatic heterocycles. The third kappa shape index (κ3) is 4.02. The van der Waals surface area contributed by atoms with Gasteiger partial charge in [-0.15, -0.1) is 0 Å². The summed E-state index contributed by atoms with van der Waals surface area (Å²) in [6.07, 6.45) is 8.20. The van der Waals surface area contributed by atoms with Gasteiger partial charge in [-0.3, -0.25) is 9.59 Å². The van der Waals surface area contributed by atoms with Gasteiger partial charge >= 0.3 is 0 Å². The Morgan fingerprint density at radius 2 is 2.00 bits per heavy atom. The van der Waals surface area contributed by atoms with Gasteiger partial charge in [0, 0.05) is 25.4 Å². The first-order valence-corrected chi connectivity index (χ1v) is 6.80. The monoisotopic (exact) mass is 238 g/mol. The fraction of sp³-hybridized carbons (Fsp3) is 0.846. The third-order valence-corrected chi connectivity index (χ3v) is 3.81. The van der Waals surface area contributed by atoms with Crippen molar-refractivity contribution in [2.24, 2.45) is 5.92 Å². The molecule has 0 bridgehead atoms. The van der Waals surface area contributed by atoms with Crippen LogP contribution in [0.5, 0.6) is 0 Å². The number of carbonyl (C=O) groups excluding carboxylic acids is 2. The molecule has 4 nitrogen and oxygen atoms in total. The number of piperidine rings is 1. The molecule has 17 heavy (non-hydrogen) atoms. The van der Waals surface area contributed by atoms with Crippen molar-refractivity contribution in [3.05, 3.63) is 0 Å². The van der Waals surface area contributed by atoms with Crippen LogP contribution in [0.15, 0.2) is 0 Å². The molecule has 1 heterocycles. The van der Waals surface area contributed by atoms with Gasteiger partial charge in [-0.1, -0.05) is 19.3 Å². The summed E-state index contributed by atoms with van der Waals surface area (Å²) in [5.74, 6) is 0.761. The van der Waals surface area contributed by atoms with E-state index in [2.05, 4.69) is 10.6 Å². The highest BCUT2D eigenvalue weighted by Crippen LogP contribution is 2.26. The average molecular weight is 238 g/mol. The second-order valence-corrected chi connectivity index (χ2v) is 5.32. The molecule has 1 aliphatic heterocycles. The van der Waals surface area contributed by atoms with E-state index in [1.807, 2.05) is 0 Å². The first-order valence-electron chi connectivity index (χ1n) is 6.80. The minimum absolute atomic E-state index is 0.0548. The van der Waals surface area contributed by atoms with E-state index in [1.54, 1.807) is 0 Å². The van der Waals surface area contributed by atoms with Crippen LogP contribution in [0.25, 0.3) is 0 Å². The third-order valence-electron chi connectivity index (χ3n) is 3.81. The van der Waals surface area contributed by atoms with Gasteiger partial charge in [-0.2, -0.15) is 0 Å². The summed E-state index contributed by atoms with van der Waals surface area (Å²) < 4.78 is 0. The molecule has 1 unspecified atom stereocenters. The molecule has 2 fully saturated rings. The highest BCUT2D eigenvalue weighted by Gasteiger charge is 2.22. The van der Waals surface area contributed by atoms with E-state index in [-0.39, 0.29) is 17.9 Å². The van der Waals surface area contributed by atoms with Crippen molar-refractivity contribution >= 4 is 11.8 Å². The fourth-order valence-corrected chi connectivity index (χ4v) is 2.85. The van der Waals surface area contributed by atoms with Gasteiger partial charge in [-0.05, 0) is 25.2 Å². The van der Waals surface area contributed by atoms with Gasteiger partial charge in [0.15, 0.2) is 0 Å². The number of hydrogen-bond acceptors (Lipinski definition) is 2. The van der Waals surface area contributed by atoms with E-state index in [4.69, 9.17) is 0 Å². The van der Waals surface area contributed by atoms with Gasteiger partial charge in [0.05, 0.1) is 0 Å². The van der Waals surface area contributed by atoms with E-state index < -0.39 is 0 Å². The topological polar surface area (TPSA) is 58.2 Å². The van der Waals surface area contributed by atoms with Crippen molar-refractivity contribution in [3.8, 4) is 0 Å². The fourth-order valence-electron chi connectivity index (χ4n) is 2.85. The van der Waals surface area contributed by atoms with Crippen LogP contribution >= 0.6 is 0 Å². The molecule has 0 aromatic carbocycles. The first-order chi connectivity index (χ1) is 8.24. The van der Waals surface area contributed by atoms with E-state index in [1.165, 1.54) is 32.1 Å². The van der Waals surface area contributed by atoms with Crippen molar-refractivity contribution in [2.45, 2.75) is 57.4 Å². The molecular formula is C13H22N2O2. The highest BCUT2D eigenvalue weighted by atomic mass is 16.2. The largest absolute Gasteiger partial charge is 0.356 e. The number of rotatable bonds is 3. The van der Waals surface area contributed by atoms with Crippen molar-refractivity contribution in [1.29, 1.82) is 0 Å². The maximum atomic E-state index is 11.8. The zero-order valence-electron chi connectivity index (χ0n) is 10.3. The van der Waals surface area contributed by atoms with Gasteiger partial charge in [0.2, 0.25) is 11.8 Å². The van der Waals surface area contributed by atoms with Gasteiger partial charge in [-0.25, -0.2) is 0 Å². The second-order valence-electron chi connectivity index (χ2n) is 5.32. The van der Waals surface area contributed by atoms with Crippen LogP contribution in [-0.2, 0) is 9.59 Å². The van der Waals surface area contributed by atoms with Crippen LogP contribution in [0, 0.1) is 5.92 Å². The number of hydrogen-bond donors (Lipinski definition) is 2. The van der Waals surface area contributed by atoms with E-state index >= 15 is 0 Å². The van der Waals surface area contributed by atoms with Crippen LogP contribution in [0.3, 0.4) is 0 Å². The molecule has 0 radical (unpaired) electrons. The Morgan fingerprint density at radius 1 is 1.24 bits per heavy atom. The van der Waals surface area contributed by atoms with E-state index in [0.717, 1.165) is 6.42 Å². The van der Waals surface area contributed by atoms with Crippen LogP contribution in [0.4, 0.5) is 0 Å². The Balaban J connectivity index is 1.70. The Hall–Kier alpha value is -1.06. The normalized spacial score (nSPS) is 26.4. The number of nitrogens with one attached hydrogen (secondary N) is 2. The van der Waals surface area contributed by atoms with Crippen molar-refractivity contribution in [1.82, 2.24) is 10.6 Å². The summed E-state index contributed by atoms with van der Waals surface area (Å²) in [5, 5.41) is 5.77. The van der Waals surface area contributed by atoms with Gasteiger partial charge in [0.25, 0.3) is 0 Å². The van der Waals surface area contributed by atoms with Crippen molar-refractivity contribution in [2.75, 3.05) is 6.54 Å². The minimum Gasteiger partial charge on any atom is -0.356 e. The summed E-state index contributed by atoms with van der Waals surface area (Å²) in [5.41, 5.74) is 0. The lowest BCUT2D eigenvalue weighted by Crippen LogP contribution is -2.45. The molecule has 1 aliphatic carbocycles. The molecule has 2 rings (SSSR count). The Kier molecular flexibility index (Phi) is 4.40. The van der Waals surface area contributed by atoms with Crippen LogP contribution in [0.2, 0.25) is 0 Å². The Morgan fingerprint density at radius 3 is 2.71 bits per heavy atom. The molecule has 0 spiro atoms. The quantitative estimate of drug-likeness (QED) is 0.779. The van der Waals surface area contributed by atoms with E-state index in [0.29, 0.717) is 25.3 Å². The zero-order valence-corrected chi connectivity index (χ0v) is 10.3. The Bertz CT molecular complexity index is 285. The lowest BCUT2D eigenvalue weighted by molar-refractivity contribution is -0.125. The molecule has 1 saturated carbocycles. The predicted octanol–water partition coefficient (Wildman–Crippen LogP) is 1.35. The predicted molar refractivity (Wildman–Crippen MR) is 65.4 cm³/mol. The number of amides is 2. The maximum absolute atomic E-state index is 11.8. The molecule has 2 N–H and O–H groups in total. The van der Waals surface area contributed by atoms with Crippen molar-refractivity contribution < 1.29 is 9.59 Å². The zero-order chi connectivity index (χ0) is 12.1. The number of carbonyl (C=O) groups is 2. The summed E-state index contributed by atoms with van der Waals surface area (Å²) >= 11 is 0. The van der Waals surface area contributed by atoms with Crippen LogP contribution in [0.1, 0.15) is 51.4 Å². The average Bonchev–Trinajstić information content (AvgIpc) is 2.30. The molecule has 96 valence electrons. The Labute approximate surface area is 103 Å². The van der Waals surface area contributed by atoms with Crippen molar-refractivity contribution in [3.63, 3.8) is 0 Å². The van der Waals surface area contributed by atoms with Crippen LogP contribution in [-0.4, -0.2) is 24.4 Å².